The first-order valence-electron chi connectivity index (χ1n) is 9.67. The van der Waals surface area contributed by atoms with E-state index in [0.29, 0.717) is 18.1 Å². The Hall–Kier alpha value is -3.08. The maximum atomic E-state index is 12.5. The quantitative estimate of drug-likeness (QED) is 0.508. The van der Waals surface area contributed by atoms with Crippen LogP contribution in [0.2, 0.25) is 0 Å². The molecule has 0 saturated heterocycles. The average Bonchev–Trinajstić information content (AvgIpc) is 2.96. The normalized spacial score (nSPS) is 11.6. The van der Waals surface area contributed by atoms with Crippen LogP contribution in [0.15, 0.2) is 30.5 Å². The lowest BCUT2D eigenvalue weighted by molar-refractivity contribution is 0.0522. The SMILES string of the molecule is CCCc1c(O)ccc2c1c1cc3c(C(=O)OCC)nccc3c(C)c1n2C. The van der Waals surface area contributed by atoms with E-state index in [1.807, 2.05) is 25.2 Å². The third-order valence-corrected chi connectivity index (χ3v) is 5.49. The molecule has 1 N–H and O–H groups in total. The molecular formula is C23H24N2O3. The molecule has 2 aromatic carbocycles. The predicted octanol–water partition coefficient (Wildman–Crippen LogP) is 5.02. The highest BCUT2D eigenvalue weighted by Gasteiger charge is 2.20. The highest BCUT2D eigenvalue weighted by Crippen LogP contribution is 2.40. The Balaban J connectivity index is 2.20. The van der Waals surface area contributed by atoms with E-state index in [4.69, 9.17) is 4.74 Å². The predicted molar refractivity (Wildman–Crippen MR) is 112 cm³/mol. The van der Waals surface area contributed by atoms with Gasteiger partial charge < -0.3 is 14.4 Å². The van der Waals surface area contributed by atoms with E-state index in [0.717, 1.165) is 56.5 Å². The zero-order valence-electron chi connectivity index (χ0n) is 16.7. The molecule has 0 bridgehead atoms. The van der Waals surface area contributed by atoms with Crippen LogP contribution in [0.4, 0.5) is 0 Å². The van der Waals surface area contributed by atoms with Crippen LogP contribution in [0.1, 0.15) is 41.9 Å². The van der Waals surface area contributed by atoms with Gasteiger partial charge in [0.1, 0.15) is 5.75 Å². The molecule has 28 heavy (non-hydrogen) atoms. The Bertz CT molecular complexity index is 1240. The van der Waals surface area contributed by atoms with Crippen molar-refractivity contribution >= 4 is 38.5 Å². The number of rotatable bonds is 4. The van der Waals surface area contributed by atoms with Crippen molar-refractivity contribution in [2.75, 3.05) is 6.61 Å². The number of carbonyl (C=O) groups excluding carboxylic acids is 1. The number of phenols is 1. The molecule has 0 atom stereocenters. The summed E-state index contributed by atoms with van der Waals surface area (Å²) < 4.78 is 7.38. The van der Waals surface area contributed by atoms with Gasteiger partial charge >= 0.3 is 5.97 Å². The minimum atomic E-state index is -0.413. The number of hydrogen-bond donors (Lipinski definition) is 1. The molecule has 4 rings (SSSR count). The van der Waals surface area contributed by atoms with Crippen molar-refractivity contribution < 1.29 is 14.6 Å². The van der Waals surface area contributed by atoms with Crippen LogP contribution in [-0.2, 0) is 18.2 Å². The number of ether oxygens (including phenoxy) is 1. The molecule has 5 nitrogen and oxygen atoms in total. The van der Waals surface area contributed by atoms with Crippen LogP contribution in [0, 0.1) is 6.92 Å². The van der Waals surface area contributed by atoms with E-state index in [2.05, 4.69) is 23.4 Å². The van der Waals surface area contributed by atoms with E-state index in [1.165, 1.54) is 0 Å². The number of carbonyl (C=O) groups is 1. The molecule has 144 valence electrons. The molecule has 0 amide bonds. The standard InChI is InChI=1S/C23H24N2O3/c1-5-7-15-19(26)9-8-18-20(15)17-12-16-14(13(3)22(17)25(18)4)10-11-24-21(16)23(27)28-6-2/h8-12,26H,5-7H2,1-4H3. The fourth-order valence-electron chi connectivity index (χ4n) is 4.30. The lowest BCUT2D eigenvalue weighted by Crippen LogP contribution is -2.08. The Labute approximate surface area is 163 Å². The number of benzene rings is 2. The number of fused-ring (bicyclic) bond motifs is 4. The van der Waals surface area contributed by atoms with Crippen molar-refractivity contribution in [3.05, 3.63) is 47.3 Å². The monoisotopic (exact) mass is 376 g/mol. The van der Waals surface area contributed by atoms with Gasteiger partial charge in [-0.05, 0) is 55.5 Å². The first kappa shape index (κ1) is 18.3. The summed E-state index contributed by atoms with van der Waals surface area (Å²) in [6.07, 6.45) is 3.38. The largest absolute Gasteiger partial charge is 0.508 e. The summed E-state index contributed by atoms with van der Waals surface area (Å²) in [4.78, 5) is 16.8. The summed E-state index contributed by atoms with van der Waals surface area (Å²) in [6, 6.07) is 7.69. The Morgan fingerprint density at radius 3 is 2.68 bits per heavy atom. The highest BCUT2D eigenvalue weighted by atomic mass is 16.5. The second-order valence-corrected chi connectivity index (χ2v) is 7.14. The summed E-state index contributed by atoms with van der Waals surface area (Å²) >= 11 is 0. The summed E-state index contributed by atoms with van der Waals surface area (Å²) in [5.74, 6) is -0.0971. The molecule has 2 aromatic heterocycles. The van der Waals surface area contributed by atoms with E-state index < -0.39 is 5.97 Å². The fourth-order valence-corrected chi connectivity index (χ4v) is 4.30. The number of pyridine rings is 1. The molecule has 2 heterocycles. The molecule has 0 unspecified atom stereocenters. The van der Waals surface area contributed by atoms with Gasteiger partial charge in [-0.15, -0.1) is 0 Å². The molecule has 0 saturated carbocycles. The average molecular weight is 376 g/mol. The van der Waals surface area contributed by atoms with Gasteiger partial charge in [0.2, 0.25) is 0 Å². The number of hydrogen-bond acceptors (Lipinski definition) is 4. The van der Waals surface area contributed by atoms with Crippen molar-refractivity contribution in [1.29, 1.82) is 0 Å². The Morgan fingerprint density at radius 1 is 1.18 bits per heavy atom. The molecule has 0 aliphatic heterocycles. The number of nitrogens with zero attached hydrogens (tertiary/aromatic N) is 2. The van der Waals surface area contributed by atoms with E-state index in [-0.39, 0.29) is 0 Å². The minimum absolute atomic E-state index is 0.306. The molecule has 0 spiro atoms. The van der Waals surface area contributed by atoms with Crippen LogP contribution in [0.25, 0.3) is 32.6 Å². The number of aryl methyl sites for hydroxylation is 3. The zero-order valence-corrected chi connectivity index (χ0v) is 16.7. The van der Waals surface area contributed by atoms with Gasteiger partial charge in [-0.2, -0.15) is 0 Å². The molecule has 5 heteroatoms. The van der Waals surface area contributed by atoms with E-state index in [1.54, 1.807) is 19.2 Å². The van der Waals surface area contributed by atoms with E-state index in [9.17, 15) is 9.90 Å². The van der Waals surface area contributed by atoms with Crippen LogP contribution in [-0.4, -0.2) is 27.2 Å². The van der Waals surface area contributed by atoms with Crippen LogP contribution in [0.3, 0.4) is 0 Å². The lowest BCUT2D eigenvalue weighted by atomic mass is 9.97. The van der Waals surface area contributed by atoms with Crippen molar-refractivity contribution in [1.82, 2.24) is 9.55 Å². The first-order valence-corrected chi connectivity index (χ1v) is 9.67. The Morgan fingerprint density at radius 2 is 1.96 bits per heavy atom. The first-order chi connectivity index (χ1) is 13.5. The van der Waals surface area contributed by atoms with Gasteiger partial charge in [0.25, 0.3) is 0 Å². The maximum Gasteiger partial charge on any atom is 0.357 e. The van der Waals surface area contributed by atoms with Crippen LogP contribution in [0.5, 0.6) is 5.75 Å². The molecule has 0 aliphatic carbocycles. The van der Waals surface area contributed by atoms with Gasteiger partial charge in [-0.3, -0.25) is 0 Å². The zero-order chi connectivity index (χ0) is 20.0. The summed E-state index contributed by atoms with van der Waals surface area (Å²) in [5, 5.41) is 14.3. The highest BCUT2D eigenvalue weighted by molar-refractivity contribution is 6.18. The molecule has 4 aromatic rings. The van der Waals surface area contributed by atoms with Gasteiger partial charge in [-0.25, -0.2) is 9.78 Å². The van der Waals surface area contributed by atoms with Crippen molar-refractivity contribution in [3.63, 3.8) is 0 Å². The van der Waals surface area contributed by atoms with Crippen molar-refractivity contribution in [2.24, 2.45) is 7.05 Å². The van der Waals surface area contributed by atoms with Gasteiger partial charge in [0, 0.05) is 40.5 Å². The summed E-state index contributed by atoms with van der Waals surface area (Å²) in [7, 11) is 2.05. The van der Waals surface area contributed by atoms with Gasteiger partial charge in [0.05, 0.1) is 12.1 Å². The summed E-state index contributed by atoms with van der Waals surface area (Å²) in [6.45, 7) is 6.27. The third kappa shape index (κ3) is 2.53. The van der Waals surface area contributed by atoms with Crippen LogP contribution < -0.4 is 0 Å². The second-order valence-electron chi connectivity index (χ2n) is 7.14. The smallest absolute Gasteiger partial charge is 0.357 e. The number of aromatic hydroxyl groups is 1. The maximum absolute atomic E-state index is 12.5. The Kier molecular flexibility index (Phi) is 4.46. The van der Waals surface area contributed by atoms with Gasteiger partial charge in [0.15, 0.2) is 5.69 Å². The minimum Gasteiger partial charge on any atom is -0.508 e. The number of aromatic nitrogens is 2. The molecule has 0 aliphatic rings. The van der Waals surface area contributed by atoms with Crippen LogP contribution >= 0.6 is 0 Å². The van der Waals surface area contributed by atoms with E-state index >= 15 is 0 Å². The topological polar surface area (TPSA) is 64.3 Å². The number of esters is 1. The lowest BCUT2D eigenvalue weighted by Gasteiger charge is -2.10. The molecule has 0 fully saturated rings. The summed E-state index contributed by atoms with van der Waals surface area (Å²) in [5.41, 5.74) is 4.54. The second kappa shape index (κ2) is 6.82. The van der Waals surface area contributed by atoms with Crippen molar-refractivity contribution in [2.45, 2.75) is 33.6 Å². The van der Waals surface area contributed by atoms with Gasteiger partial charge in [-0.1, -0.05) is 13.3 Å². The third-order valence-electron chi connectivity index (χ3n) is 5.49. The fraction of sp³-hybridized carbons (Fsp3) is 0.304. The van der Waals surface area contributed by atoms with Crippen molar-refractivity contribution in [3.8, 4) is 5.75 Å². The molecular weight excluding hydrogens is 352 g/mol. The molecule has 0 radical (unpaired) electrons. The number of phenolic OH excluding ortho intramolecular Hbond substituents is 1.